The van der Waals surface area contributed by atoms with Crippen molar-refractivity contribution in [2.75, 3.05) is 39.6 Å². The molecule has 4 unspecified atom stereocenters. The topological polar surface area (TPSA) is 237 Å². The highest BCUT2D eigenvalue weighted by atomic mass is 31.2. The van der Waals surface area contributed by atoms with E-state index >= 15 is 0 Å². The minimum absolute atomic E-state index is 0.106. The summed E-state index contributed by atoms with van der Waals surface area (Å²) in [5.74, 6) is 1.06. The Morgan fingerprint density at radius 2 is 0.480 bits per heavy atom. The average molecular weight is 1470 g/mol. The van der Waals surface area contributed by atoms with Gasteiger partial charge < -0.3 is 33.8 Å². The lowest BCUT2D eigenvalue weighted by atomic mass is 9.99. The van der Waals surface area contributed by atoms with E-state index in [-0.39, 0.29) is 25.7 Å². The first-order chi connectivity index (χ1) is 48.2. The quantitative estimate of drug-likeness (QED) is 0.0222. The number of hydrogen-bond donors (Lipinski definition) is 3. The fraction of sp³-hybridized carbons (Fsp3) is 0.951. The van der Waals surface area contributed by atoms with Crippen molar-refractivity contribution in [2.45, 2.75) is 433 Å². The van der Waals surface area contributed by atoms with Crippen molar-refractivity contribution in [3.8, 4) is 0 Å². The van der Waals surface area contributed by atoms with E-state index in [2.05, 4.69) is 55.4 Å². The number of rotatable bonds is 78. The summed E-state index contributed by atoms with van der Waals surface area (Å²) in [6, 6.07) is 0. The molecular formula is C81H158O17P2. The minimum Gasteiger partial charge on any atom is -0.462 e. The first kappa shape index (κ1) is 98.1. The Labute approximate surface area is 613 Å². The van der Waals surface area contributed by atoms with Gasteiger partial charge in [0.1, 0.15) is 19.3 Å². The van der Waals surface area contributed by atoms with Crippen molar-refractivity contribution in [3.05, 3.63) is 0 Å². The van der Waals surface area contributed by atoms with Gasteiger partial charge in [0.2, 0.25) is 0 Å². The molecule has 0 amide bonds. The molecule has 0 saturated carbocycles. The van der Waals surface area contributed by atoms with Crippen LogP contribution in [0.4, 0.5) is 0 Å². The normalized spacial score (nSPS) is 14.6. The van der Waals surface area contributed by atoms with E-state index in [0.717, 1.165) is 114 Å². The number of carbonyl (C=O) groups is 4. The van der Waals surface area contributed by atoms with Gasteiger partial charge in [0.25, 0.3) is 0 Å². The van der Waals surface area contributed by atoms with Gasteiger partial charge in [-0.3, -0.25) is 37.3 Å². The SMILES string of the molecule is CCC(C)CCCCCCCCCCCCC(=O)O[C@H](COC(=O)CCCCCCCCCCC(C)CC)COP(=O)(O)OC[C@H](O)COP(=O)(O)OC[C@@H](COC(=O)CCCCCCCCCCCCCCC(C)C)OC(=O)CCCCCCCCCCCCCCCCCCC(C)C. The van der Waals surface area contributed by atoms with Gasteiger partial charge in [0.05, 0.1) is 26.4 Å². The summed E-state index contributed by atoms with van der Waals surface area (Å²) in [6.45, 7) is 14.3. The Morgan fingerprint density at radius 3 is 0.710 bits per heavy atom. The van der Waals surface area contributed by atoms with E-state index in [9.17, 15) is 43.2 Å². The van der Waals surface area contributed by atoms with Gasteiger partial charge in [0, 0.05) is 25.7 Å². The van der Waals surface area contributed by atoms with E-state index in [0.29, 0.717) is 25.7 Å². The molecule has 0 spiro atoms. The van der Waals surface area contributed by atoms with Crippen LogP contribution in [0.15, 0.2) is 0 Å². The van der Waals surface area contributed by atoms with Crippen LogP contribution in [-0.2, 0) is 65.4 Å². The van der Waals surface area contributed by atoms with E-state index in [1.165, 1.54) is 218 Å². The molecule has 17 nitrogen and oxygen atoms in total. The molecule has 0 rings (SSSR count). The first-order valence-corrected chi connectivity index (χ1v) is 44.8. The molecule has 0 saturated heterocycles. The van der Waals surface area contributed by atoms with Crippen molar-refractivity contribution < 1.29 is 80.2 Å². The van der Waals surface area contributed by atoms with Crippen molar-refractivity contribution in [2.24, 2.45) is 23.7 Å². The standard InChI is InChI=1S/C81H158O17P2/c1-9-73(7)59-51-43-35-27-23-24-30-40-48-56-64-81(86)98-77(68-92-79(84)62-54-46-38-32-31-36-44-52-60-74(8)10-2)70-96-100(89,90)94-66-75(82)65-93-99(87,88)95-69-76(67-91-78(83)61-53-45-37-28-21-18-17-20-26-34-42-50-58-72(5)6)97-80(85)63-55-47-39-29-22-16-14-12-11-13-15-19-25-33-41-49-57-71(3)4/h71-77,82H,9-70H2,1-8H3,(H,87,88)(H,89,90)/t73?,74?,75-,76-,77-/m1/s1. The maximum atomic E-state index is 13.1. The van der Waals surface area contributed by atoms with Gasteiger partial charge in [-0.1, -0.05) is 364 Å². The van der Waals surface area contributed by atoms with Crippen LogP contribution in [0.25, 0.3) is 0 Å². The number of carbonyl (C=O) groups excluding carboxylic acids is 4. The zero-order valence-corrected chi connectivity index (χ0v) is 67.6. The predicted octanol–water partition coefficient (Wildman–Crippen LogP) is 24.0. The zero-order valence-electron chi connectivity index (χ0n) is 65.8. The maximum Gasteiger partial charge on any atom is 0.472 e. The van der Waals surface area contributed by atoms with E-state index in [1.807, 2.05) is 0 Å². The molecule has 0 aliphatic carbocycles. The van der Waals surface area contributed by atoms with Gasteiger partial charge in [-0.2, -0.15) is 0 Å². The third kappa shape index (κ3) is 71.7. The van der Waals surface area contributed by atoms with Crippen molar-refractivity contribution in [3.63, 3.8) is 0 Å². The summed E-state index contributed by atoms with van der Waals surface area (Å²) in [5, 5.41) is 10.6. The van der Waals surface area contributed by atoms with Crippen LogP contribution in [-0.4, -0.2) is 96.7 Å². The zero-order chi connectivity index (χ0) is 73.8. The second kappa shape index (κ2) is 70.1. The lowest BCUT2D eigenvalue weighted by Gasteiger charge is -2.21. The van der Waals surface area contributed by atoms with Crippen molar-refractivity contribution in [1.29, 1.82) is 0 Å². The smallest absolute Gasteiger partial charge is 0.462 e. The van der Waals surface area contributed by atoms with Crippen LogP contribution in [0, 0.1) is 23.7 Å². The molecule has 19 heteroatoms. The summed E-state index contributed by atoms with van der Waals surface area (Å²) in [6.07, 6.45) is 56.7. The van der Waals surface area contributed by atoms with E-state index in [4.69, 9.17) is 37.0 Å². The van der Waals surface area contributed by atoms with Gasteiger partial charge >= 0.3 is 39.5 Å². The monoisotopic (exact) mass is 1470 g/mol. The molecule has 7 atom stereocenters. The fourth-order valence-electron chi connectivity index (χ4n) is 12.4. The van der Waals surface area contributed by atoms with Crippen LogP contribution >= 0.6 is 15.6 Å². The number of aliphatic hydroxyl groups excluding tert-OH is 1. The summed E-state index contributed by atoms with van der Waals surface area (Å²) >= 11 is 0. The number of aliphatic hydroxyl groups is 1. The predicted molar refractivity (Wildman–Crippen MR) is 409 cm³/mol. The molecule has 594 valence electrons. The number of unbranched alkanes of at least 4 members (excludes halogenated alkanes) is 42. The molecule has 0 aliphatic rings. The van der Waals surface area contributed by atoms with E-state index < -0.39 is 97.5 Å². The summed E-state index contributed by atoms with van der Waals surface area (Å²) in [4.78, 5) is 73.1. The molecule has 0 heterocycles. The first-order valence-electron chi connectivity index (χ1n) is 41.8. The highest BCUT2D eigenvalue weighted by Gasteiger charge is 2.30. The molecule has 0 bridgehead atoms. The summed E-state index contributed by atoms with van der Waals surface area (Å²) in [5.41, 5.74) is 0. The third-order valence-corrected chi connectivity index (χ3v) is 21.4. The summed E-state index contributed by atoms with van der Waals surface area (Å²) in [7, 11) is -9.92. The lowest BCUT2D eigenvalue weighted by molar-refractivity contribution is -0.161. The maximum absolute atomic E-state index is 13.1. The largest absolute Gasteiger partial charge is 0.472 e. The number of esters is 4. The molecule has 0 aromatic heterocycles. The molecule has 3 N–H and O–H groups in total. The van der Waals surface area contributed by atoms with Crippen molar-refractivity contribution >= 4 is 39.5 Å². The third-order valence-electron chi connectivity index (χ3n) is 19.5. The highest BCUT2D eigenvalue weighted by molar-refractivity contribution is 7.47. The second-order valence-corrected chi connectivity index (χ2v) is 33.5. The number of hydrogen-bond acceptors (Lipinski definition) is 15. The fourth-order valence-corrected chi connectivity index (χ4v) is 13.9. The highest BCUT2D eigenvalue weighted by Crippen LogP contribution is 2.45. The minimum atomic E-state index is -4.96. The second-order valence-electron chi connectivity index (χ2n) is 30.6. The Balaban J connectivity index is 5.27. The van der Waals surface area contributed by atoms with Crippen LogP contribution < -0.4 is 0 Å². The molecule has 0 radical (unpaired) electrons. The Morgan fingerprint density at radius 1 is 0.280 bits per heavy atom. The molecule has 0 aromatic rings. The molecule has 0 fully saturated rings. The van der Waals surface area contributed by atoms with Gasteiger partial charge in [0.15, 0.2) is 12.2 Å². The summed E-state index contributed by atoms with van der Waals surface area (Å²) < 4.78 is 68.8. The molecule has 0 aliphatic heterocycles. The Hall–Kier alpha value is -1.94. The molecular weight excluding hydrogens is 1310 g/mol. The van der Waals surface area contributed by atoms with Crippen LogP contribution in [0.1, 0.15) is 415 Å². The lowest BCUT2D eigenvalue weighted by Crippen LogP contribution is -2.30. The molecule has 0 aromatic carbocycles. The van der Waals surface area contributed by atoms with E-state index in [1.54, 1.807) is 0 Å². The van der Waals surface area contributed by atoms with Crippen LogP contribution in [0.3, 0.4) is 0 Å². The Kier molecular flexibility index (Phi) is 68.7. The van der Waals surface area contributed by atoms with Gasteiger partial charge in [-0.05, 0) is 49.4 Å². The van der Waals surface area contributed by atoms with Crippen molar-refractivity contribution in [1.82, 2.24) is 0 Å². The number of phosphoric ester groups is 2. The van der Waals surface area contributed by atoms with Crippen LogP contribution in [0.5, 0.6) is 0 Å². The van der Waals surface area contributed by atoms with Crippen LogP contribution in [0.2, 0.25) is 0 Å². The van der Waals surface area contributed by atoms with Gasteiger partial charge in [-0.15, -0.1) is 0 Å². The molecule has 100 heavy (non-hydrogen) atoms. The number of phosphoric acid groups is 2. The van der Waals surface area contributed by atoms with Gasteiger partial charge in [-0.25, -0.2) is 9.13 Å². The average Bonchev–Trinajstić information content (AvgIpc) is 0.921. The Bertz CT molecular complexity index is 1960. The number of ether oxygens (including phenoxy) is 4.